The summed E-state index contributed by atoms with van der Waals surface area (Å²) in [5.41, 5.74) is 4.54. The third-order valence-electron chi connectivity index (χ3n) is 5.70. The number of benzene rings is 2. The maximum Gasteiger partial charge on any atom is 0.253 e. The van der Waals surface area contributed by atoms with E-state index in [0.29, 0.717) is 12.1 Å². The van der Waals surface area contributed by atoms with E-state index < -0.39 is 0 Å². The van der Waals surface area contributed by atoms with E-state index >= 15 is 0 Å². The van der Waals surface area contributed by atoms with Crippen LogP contribution in [-0.4, -0.2) is 35.5 Å². The molecule has 6 heteroatoms. The van der Waals surface area contributed by atoms with Crippen molar-refractivity contribution in [2.45, 2.75) is 32.7 Å². The molecule has 2 heterocycles. The van der Waals surface area contributed by atoms with Gasteiger partial charge >= 0.3 is 0 Å². The molecule has 6 nitrogen and oxygen atoms in total. The average molecular weight is 418 g/mol. The van der Waals surface area contributed by atoms with Gasteiger partial charge in [0.15, 0.2) is 0 Å². The Morgan fingerprint density at radius 3 is 2.68 bits per heavy atom. The first-order valence-electron chi connectivity index (χ1n) is 10.6. The Kier molecular flexibility index (Phi) is 6.16. The molecule has 1 fully saturated rings. The van der Waals surface area contributed by atoms with Crippen LogP contribution < -0.4 is 5.32 Å². The summed E-state index contributed by atoms with van der Waals surface area (Å²) in [4.78, 5) is 26.5. The Bertz CT molecular complexity index is 1070. The number of carbonyl (C=O) groups is 2. The predicted octanol–water partition coefficient (Wildman–Crippen LogP) is 3.99. The normalized spacial score (nSPS) is 16.1. The van der Waals surface area contributed by atoms with Crippen molar-refractivity contribution in [2.75, 3.05) is 13.6 Å². The number of rotatable bonds is 6. The van der Waals surface area contributed by atoms with Crippen molar-refractivity contribution >= 4 is 11.8 Å². The molecule has 2 amide bonds. The Labute approximate surface area is 182 Å². The molecular formula is C25H27N3O3. The molecule has 0 radical (unpaired) electrons. The molecule has 0 bridgehead atoms. The van der Waals surface area contributed by atoms with Crippen LogP contribution in [0.5, 0.6) is 0 Å². The second-order valence-corrected chi connectivity index (χ2v) is 8.20. The van der Waals surface area contributed by atoms with Gasteiger partial charge in [-0.3, -0.25) is 9.59 Å². The van der Waals surface area contributed by atoms with Crippen LogP contribution in [0.1, 0.15) is 40.2 Å². The number of hydrogen-bond acceptors (Lipinski definition) is 4. The van der Waals surface area contributed by atoms with Crippen molar-refractivity contribution in [3.63, 3.8) is 0 Å². The van der Waals surface area contributed by atoms with Crippen LogP contribution in [0.3, 0.4) is 0 Å². The standard InChI is InChI=1S/C25H27N3O3/c1-17-13-23(27-31-17)16-28(2)25(30)22-6-3-5-20(15-22)19-10-8-18(9-11-19)14-21-7-4-12-26-24(21)29/h3,5-6,8-11,13,15,21H,4,7,12,14,16H2,1-2H3,(H,26,29). The van der Waals surface area contributed by atoms with Gasteiger partial charge in [0.05, 0.1) is 6.54 Å². The summed E-state index contributed by atoms with van der Waals surface area (Å²) in [6, 6.07) is 17.7. The van der Waals surface area contributed by atoms with Gasteiger partial charge in [0.1, 0.15) is 11.5 Å². The highest BCUT2D eigenvalue weighted by molar-refractivity contribution is 5.95. The van der Waals surface area contributed by atoms with Crippen LogP contribution in [-0.2, 0) is 17.8 Å². The van der Waals surface area contributed by atoms with E-state index in [-0.39, 0.29) is 17.7 Å². The maximum atomic E-state index is 12.9. The van der Waals surface area contributed by atoms with Crippen LogP contribution in [0.15, 0.2) is 59.1 Å². The van der Waals surface area contributed by atoms with Crippen LogP contribution in [0.2, 0.25) is 0 Å². The Morgan fingerprint density at radius 2 is 1.97 bits per heavy atom. The number of aromatic nitrogens is 1. The first kappa shape index (κ1) is 20.8. The molecule has 2 aromatic carbocycles. The van der Waals surface area contributed by atoms with Gasteiger partial charge < -0.3 is 14.7 Å². The third kappa shape index (κ3) is 5.02. The summed E-state index contributed by atoms with van der Waals surface area (Å²) in [6.07, 6.45) is 2.75. The van der Waals surface area contributed by atoms with E-state index in [9.17, 15) is 9.59 Å². The average Bonchev–Trinajstić information content (AvgIpc) is 3.20. The molecule has 1 saturated heterocycles. The lowest BCUT2D eigenvalue weighted by Crippen LogP contribution is -2.37. The van der Waals surface area contributed by atoms with Gasteiger partial charge in [-0.05, 0) is 55.0 Å². The fourth-order valence-corrected chi connectivity index (χ4v) is 4.01. The van der Waals surface area contributed by atoms with E-state index in [1.54, 1.807) is 11.9 Å². The molecule has 31 heavy (non-hydrogen) atoms. The molecule has 0 saturated carbocycles. The van der Waals surface area contributed by atoms with Crippen LogP contribution in [0, 0.1) is 12.8 Å². The van der Waals surface area contributed by atoms with E-state index in [1.165, 1.54) is 0 Å². The van der Waals surface area contributed by atoms with E-state index in [0.717, 1.165) is 54.0 Å². The van der Waals surface area contributed by atoms with E-state index in [2.05, 4.69) is 34.7 Å². The maximum absolute atomic E-state index is 12.9. The van der Waals surface area contributed by atoms with E-state index in [4.69, 9.17) is 4.52 Å². The van der Waals surface area contributed by atoms with Gasteiger partial charge in [-0.1, -0.05) is 41.6 Å². The minimum atomic E-state index is -0.0672. The number of carbonyl (C=O) groups excluding carboxylic acids is 2. The minimum Gasteiger partial charge on any atom is -0.361 e. The smallest absolute Gasteiger partial charge is 0.253 e. The lowest BCUT2D eigenvalue weighted by Gasteiger charge is -2.21. The molecule has 1 aliphatic heterocycles. The summed E-state index contributed by atoms with van der Waals surface area (Å²) >= 11 is 0. The topological polar surface area (TPSA) is 75.4 Å². The molecular weight excluding hydrogens is 390 g/mol. The van der Waals surface area contributed by atoms with Gasteiger partial charge in [0.2, 0.25) is 5.91 Å². The second-order valence-electron chi connectivity index (χ2n) is 8.20. The van der Waals surface area contributed by atoms with Gasteiger partial charge in [-0.25, -0.2) is 0 Å². The molecule has 0 spiro atoms. The van der Waals surface area contributed by atoms with Crippen molar-refractivity contribution in [1.82, 2.24) is 15.4 Å². The molecule has 160 valence electrons. The third-order valence-corrected chi connectivity index (χ3v) is 5.70. The van der Waals surface area contributed by atoms with Crippen molar-refractivity contribution in [1.29, 1.82) is 0 Å². The Balaban J connectivity index is 1.44. The van der Waals surface area contributed by atoms with Gasteiger partial charge in [0, 0.05) is 31.1 Å². The molecule has 1 atom stereocenters. The zero-order valence-corrected chi connectivity index (χ0v) is 17.9. The molecule has 3 aromatic rings. The SMILES string of the molecule is Cc1cc(CN(C)C(=O)c2cccc(-c3ccc(CC4CCCNC4=O)cc3)c2)no1. The summed E-state index contributed by atoms with van der Waals surface area (Å²) < 4.78 is 5.08. The van der Waals surface area contributed by atoms with Crippen molar-refractivity contribution in [3.8, 4) is 11.1 Å². The Morgan fingerprint density at radius 1 is 1.16 bits per heavy atom. The molecule has 0 aliphatic carbocycles. The zero-order chi connectivity index (χ0) is 21.8. The lowest BCUT2D eigenvalue weighted by molar-refractivity contribution is -0.126. The fourth-order valence-electron chi connectivity index (χ4n) is 4.01. The van der Waals surface area contributed by atoms with Crippen molar-refractivity contribution in [2.24, 2.45) is 5.92 Å². The predicted molar refractivity (Wildman–Crippen MR) is 118 cm³/mol. The second kappa shape index (κ2) is 9.16. The molecule has 1 N–H and O–H groups in total. The van der Waals surface area contributed by atoms with Crippen LogP contribution >= 0.6 is 0 Å². The highest BCUT2D eigenvalue weighted by Gasteiger charge is 2.22. The first-order valence-corrected chi connectivity index (χ1v) is 10.6. The number of nitrogens with one attached hydrogen (secondary N) is 1. The fraction of sp³-hybridized carbons (Fsp3) is 0.320. The highest BCUT2D eigenvalue weighted by atomic mass is 16.5. The van der Waals surface area contributed by atoms with Crippen molar-refractivity contribution < 1.29 is 14.1 Å². The minimum absolute atomic E-state index is 0.0598. The number of nitrogens with zero attached hydrogens (tertiary/aromatic N) is 2. The quantitative estimate of drug-likeness (QED) is 0.658. The van der Waals surface area contributed by atoms with Crippen LogP contribution in [0.4, 0.5) is 0 Å². The lowest BCUT2D eigenvalue weighted by atomic mass is 9.91. The van der Waals surface area contributed by atoms with Gasteiger partial charge in [0.25, 0.3) is 5.91 Å². The number of aryl methyl sites for hydroxylation is 1. The molecule has 1 unspecified atom stereocenters. The number of amides is 2. The Hall–Kier alpha value is -3.41. The highest BCUT2D eigenvalue weighted by Crippen LogP contribution is 2.24. The summed E-state index contributed by atoms with van der Waals surface area (Å²) in [6.45, 7) is 3.01. The number of hydrogen-bond donors (Lipinski definition) is 1. The summed E-state index contributed by atoms with van der Waals surface area (Å²) in [7, 11) is 1.76. The molecule has 1 aliphatic rings. The van der Waals surface area contributed by atoms with E-state index in [1.807, 2.05) is 37.3 Å². The van der Waals surface area contributed by atoms with Gasteiger partial charge in [-0.15, -0.1) is 0 Å². The zero-order valence-electron chi connectivity index (χ0n) is 17.9. The monoisotopic (exact) mass is 417 g/mol. The largest absolute Gasteiger partial charge is 0.361 e. The van der Waals surface area contributed by atoms with Crippen LogP contribution in [0.25, 0.3) is 11.1 Å². The molecule has 1 aromatic heterocycles. The first-order chi connectivity index (χ1) is 15.0. The summed E-state index contributed by atoms with van der Waals surface area (Å²) in [5.74, 6) is 0.879. The summed E-state index contributed by atoms with van der Waals surface area (Å²) in [5, 5.41) is 6.91. The molecule has 4 rings (SSSR count). The number of piperidine rings is 1. The van der Waals surface area contributed by atoms with Gasteiger partial charge in [-0.2, -0.15) is 0 Å². The van der Waals surface area contributed by atoms with Crippen molar-refractivity contribution in [3.05, 3.63) is 77.2 Å².